The minimum Gasteiger partial charge on any atom is -0.304 e. The molecule has 1 aromatic carbocycles. The molecule has 0 amide bonds. The van der Waals surface area contributed by atoms with Crippen LogP contribution < -0.4 is 0 Å². The van der Waals surface area contributed by atoms with Crippen molar-refractivity contribution in [3.05, 3.63) is 35.4 Å². The lowest BCUT2D eigenvalue weighted by molar-refractivity contribution is 0.0193. The Balaban J connectivity index is 2.09. The summed E-state index contributed by atoms with van der Waals surface area (Å²) in [6, 6.07) is 11.3. The molecular formula is C18H27N3. The Labute approximate surface area is 129 Å². The monoisotopic (exact) mass is 285 g/mol. The van der Waals surface area contributed by atoms with Crippen molar-refractivity contribution in [3.8, 4) is 6.07 Å². The van der Waals surface area contributed by atoms with Gasteiger partial charge in [0.25, 0.3) is 0 Å². The van der Waals surface area contributed by atoms with E-state index in [9.17, 15) is 0 Å². The van der Waals surface area contributed by atoms with Crippen LogP contribution >= 0.6 is 0 Å². The van der Waals surface area contributed by atoms with E-state index in [0.717, 1.165) is 31.6 Å². The van der Waals surface area contributed by atoms with Gasteiger partial charge in [0.2, 0.25) is 0 Å². The molecule has 1 saturated heterocycles. The second-order valence-corrected chi connectivity index (χ2v) is 7.14. The van der Waals surface area contributed by atoms with Gasteiger partial charge in [-0.3, -0.25) is 4.90 Å². The molecule has 1 aromatic rings. The van der Waals surface area contributed by atoms with Crippen molar-refractivity contribution in [3.63, 3.8) is 0 Å². The first-order chi connectivity index (χ1) is 9.90. The Morgan fingerprint density at radius 3 is 2.33 bits per heavy atom. The first kappa shape index (κ1) is 16.0. The normalized spacial score (nSPS) is 21.2. The van der Waals surface area contributed by atoms with Crippen molar-refractivity contribution in [1.82, 2.24) is 9.80 Å². The lowest BCUT2D eigenvalue weighted by atomic mass is 9.95. The topological polar surface area (TPSA) is 30.3 Å². The maximum absolute atomic E-state index is 8.74. The van der Waals surface area contributed by atoms with E-state index >= 15 is 0 Å². The summed E-state index contributed by atoms with van der Waals surface area (Å²) in [5.74, 6) is 0. The van der Waals surface area contributed by atoms with Crippen LogP contribution in [0.2, 0.25) is 0 Å². The van der Waals surface area contributed by atoms with Crippen LogP contribution in [0, 0.1) is 11.3 Å². The Morgan fingerprint density at radius 2 is 1.76 bits per heavy atom. The van der Waals surface area contributed by atoms with Crippen LogP contribution in [0.15, 0.2) is 24.3 Å². The van der Waals surface area contributed by atoms with Gasteiger partial charge in [0.05, 0.1) is 12.5 Å². The molecule has 21 heavy (non-hydrogen) atoms. The molecule has 3 heteroatoms. The molecule has 1 fully saturated rings. The van der Waals surface area contributed by atoms with Crippen LogP contribution in [0.3, 0.4) is 0 Å². The van der Waals surface area contributed by atoms with Gasteiger partial charge in [-0.25, -0.2) is 0 Å². The van der Waals surface area contributed by atoms with Crippen molar-refractivity contribution in [2.45, 2.75) is 45.2 Å². The summed E-state index contributed by atoms with van der Waals surface area (Å²) < 4.78 is 0. The van der Waals surface area contributed by atoms with Gasteiger partial charge < -0.3 is 4.90 Å². The van der Waals surface area contributed by atoms with Crippen molar-refractivity contribution < 1.29 is 0 Å². The number of hydrogen-bond donors (Lipinski definition) is 0. The summed E-state index contributed by atoms with van der Waals surface area (Å²) in [6.45, 7) is 10.3. The molecule has 1 aliphatic rings. The van der Waals surface area contributed by atoms with Crippen molar-refractivity contribution >= 4 is 0 Å². The highest BCUT2D eigenvalue weighted by Gasteiger charge is 2.32. The van der Waals surface area contributed by atoms with Crippen LogP contribution in [-0.2, 0) is 12.8 Å². The number of hydrogen-bond acceptors (Lipinski definition) is 3. The average molecular weight is 285 g/mol. The zero-order valence-electron chi connectivity index (χ0n) is 13.8. The molecule has 0 spiro atoms. The number of rotatable bonds is 3. The summed E-state index contributed by atoms with van der Waals surface area (Å²) in [7, 11) is 2.21. The van der Waals surface area contributed by atoms with E-state index in [-0.39, 0.29) is 5.54 Å². The van der Waals surface area contributed by atoms with E-state index in [1.165, 1.54) is 5.56 Å². The third-order valence-electron chi connectivity index (χ3n) is 4.32. The molecule has 0 aromatic heterocycles. The molecule has 0 N–H and O–H groups in total. The van der Waals surface area contributed by atoms with Gasteiger partial charge >= 0.3 is 0 Å². The summed E-state index contributed by atoms with van der Waals surface area (Å²) in [5, 5.41) is 8.74. The second-order valence-electron chi connectivity index (χ2n) is 7.14. The molecule has 114 valence electrons. The largest absolute Gasteiger partial charge is 0.304 e. The Bertz CT molecular complexity index is 493. The Morgan fingerprint density at radius 1 is 1.14 bits per heavy atom. The number of likely N-dealkylation sites (N-methyl/N-ethyl adjacent to an activating group) is 1. The van der Waals surface area contributed by atoms with E-state index in [4.69, 9.17) is 5.26 Å². The molecule has 1 atom stereocenters. The predicted octanol–water partition coefficient (Wildman–Crippen LogP) is 2.71. The lowest BCUT2D eigenvalue weighted by Crippen LogP contribution is -2.59. The lowest BCUT2D eigenvalue weighted by Gasteiger charge is -2.47. The molecule has 1 unspecified atom stereocenters. The van der Waals surface area contributed by atoms with Gasteiger partial charge in [0, 0.05) is 31.2 Å². The maximum Gasteiger partial charge on any atom is 0.0669 e. The number of nitrogens with zero attached hydrogens (tertiary/aromatic N) is 3. The molecule has 0 radical (unpaired) electrons. The standard InChI is InChI=1S/C18H27N3/c1-18(2,3)21-12-11-20(4)14-17(21)13-16-7-5-15(6-8-16)9-10-19/h5-8,17H,9,11-14H2,1-4H3. The first-order valence-corrected chi connectivity index (χ1v) is 7.80. The Kier molecular flexibility index (Phi) is 5.03. The van der Waals surface area contributed by atoms with E-state index in [1.54, 1.807) is 0 Å². The number of nitriles is 1. The van der Waals surface area contributed by atoms with E-state index < -0.39 is 0 Å². The number of piperazine rings is 1. The van der Waals surface area contributed by atoms with Crippen LogP contribution in [0.1, 0.15) is 31.9 Å². The van der Waals surface area contributed by atoms with Gasteiger partial charge in [0.15, 0.2) is 0 Å². The summed E-state index contributed by atoms with van der Waals surface area (Å²) in [5.41, 5.74) is 2.69. The van der Waals surface area contributed by atoms with Gasteiger partial charge in [-0.2, -0.15) is 5.26 Å². The molecule has 0 bridgehead atoms. The third-order valence-corrected chi connectivity index (χ3v) is 4.32. The molecule has 2 rings (SSSR count). The quantitative estimate of drug-likeness (QED) is 0.855. The smallest absolute Gasteiger partial charge is 0.0669 e. The summed E-state index contributed by atoms with van der Waals surface area (Å²) >= 11 is 0. The van der Waals surface area contributed by atoms with E-state index in [0.29, 0.717) is 12.5 Å². The zero-order chi connectivity index (χ0) is 15.5. The third kappa shape index (κ3) is 4.30. The highest BCUT2D eigenvalue weighted by atomic mass is 15.3. The van der Waals surface area contributed by atoms with Crippen LogP contribution in [-0.4, -0.2) is 48.1 Å². The Hall–Kier alpha value is -1.37. The van der Waals surface area contributed by atoms with E-state index in [1.807, 2.05) is 0 Å². The predicted molar refractivity (Wildman–Crippen MR) is 87.2 cm³/mol. The fourth-order valence-electron chi connectivity index (χ4n) is 3.23. The molecule has 0 aliphatic carbocycles. The summed E-state index contributed by atoms with van der Waals surface area (Å²) in [6.07, 6.45) is 1.58. The average Bonchev–Trinajstić information content (AvgIpc) is 2.40. The SMILES string of the molecule is CN1CCN(C(C)(C)C)C(Cc2ccc(CC#N)cc2)C1. The van der Waals surface area contributed by atoms with Gasteiger partial charge in [-0.1, -0.05) is 24.3 Å². The molecule has 3 nitrogen and oxygen atoms in total. The maximum atomic E-state index is 8.74. The van der Waals surface area contributed by atoms with Gasteiger partial charge in [0.1, 0.15) is 0 Å². The van der Waals surface area contributed by atoms with Crippen molar-refractivity contribution in [2.24, 2.45) is 0 Å². The minimum atomic E-state index is 0.215. The molecule has 1 aliphatic heterocycles. The van der Waals surface area contributed by atoms with Gasteiger partial charge in [-0.05, 0) is 45.4 Å². The first-order valence-electron chi connectivity index (χ1n) is 7.80. The minimum absolute atomic E-state index is 0.215. The van der Waals surface area contributed by atoms with Crippen LogP contribution in [0.25, 0.3) is 0 Å². The van der Waals surface area contributed by atoms with Gasteiger partial charge in [-0.15, -0.1) is 0 Å². The zero-order valence-corrected chi connectivity index (χ0v) is 13.8. The fourth-order valence-corrected chi connectivity index (χ4v) is 3.23. The second kappa shape index (κ2) is 6.60. The molecule has 1 heterocycles. The summed E-state index contributed by atoms with van der Waals surface area (Å²) in [4.78, 5) is 5.06. The molecular weight excluding hydrogens is 258 g/mol. The fraction of sp³-hybridized carbons (Fsp3) is 0.611. The highest BCUT2D eigenvalue weighted by molar-refractivity contribution is 5.25. The van der Waals surface area contributed by atoms with Crippen molar-refractivity contribution in [2.75, 3.05) is 26.7 Å². The van der Waals surface area contributed by atoms with Crippen LogP contribution in [0.5, 0.6) is 0 Å². The number of benzene rings is 1. The molecule has 0 saturated carbocycles. The van der Waals surface area contributed by atoms with Crippen LogP contribution in [0.4, 0.5) is 0 Å². The highest BCUT2D eigenvalue weighted by Crippen LogP contribution is 2.23. The van der Waals surface area contributed by atoms with E-state index in [2.05, 4.69) is 68.0 Å². The van der Waals surface area contributed by atoms with Crippen molar-refractivity contribution in [1.29, 1.82) is 5.26 Å².